The first kappa shape index (κ1) is 44.4. The van der Waals surface area contributed by atoms with E-state index in [-0.39, 0.29) is 50.3 Å². The second-order valence-corrected chi connectivity index (χ2v) is 13.9. The summed E-state index contributed by atoms with van der Waals surface area (Å²) < 4.78 is 0. The number of hydrogen-bond donors (Lipinski definition) is 10. The third-order valence-corrected chi connectivity index (χ3v) is 9.87. The number of nitrogens with zero attached hydrogens (tertiary/aromatic N) is 2. The highest BCUT2D eigenvalue weighted by Crippen LogP contribution is 2.25. The van der Waals surface area contributed by atoms with Gasteiger partial charge in [0.2, 0.25) is 35.4 Å². The Morgan fingerprint density at radius 3 is 2.05 bits per heavy atom. The number of unbranched alkanes of at least 4 members (excludes halogenated alkanes) is 1. The number of phenolic OH excluding ortho intramolecular Hbond substituents is 1. The van der Waals surface area contributed by atoms with E-state index in [9.17, 15) is 48.6 Å². The highest BCUT2D eigenvalue weighted by atomic mass is 32.1. The van der Waals surface area contributed by atoms with Crippen molar-refractivity contribution < 1.29 is 53.7 Å². The first-order valence-electron chi connectivity index (χ1n) is 18.2. The van der Waals surface area contributed by atoms with E-state index in [4.69, 9.17) is 16.6 Å². The van der Waals surface area contributed by atoms with Gasteiger partial charge < -0.3 is 57.9 Å². The van der Waals surface area contributed by atoms with Crippen LogP contribution in [-0.2, 0) is 44.8 Å². The van der Waals surface area contributed by atoms with Crippen molar-refractivity contribution in [3.8, 4) is 5.75 Å². The molecule has 3 rings (SSSR count). The lowest BCUT2D eigenvalue weighted by Gasteiger charge is -2.31. The molecule has 19 nitrogen and oxygen atoms in total. The number of aliphatic carboxylic acids is 2. The number of rotatable bonds is 21. The highest BCUT2D eigenvalue weighted by Gasteiger charge is 2.42. The van der Waals surface area contributed by atoms with Crippen LogP contribution in [0.25, 0.3) is 0 Å². The summed E-state index contributed by atoms with van der Waals surface area (Å²) in [6, 6.07) is -0.826. The molecule has 6 atom stereocenters. The van der Waals surface area contributed by atoms with Gasteiger partial charge in [-0.05, 0) is 75.6 Å². The van der Waals surface area contributed by atoms with E-state index < -0.39 is 90.2 Å². The molecule has 0 radical (unpaired) electrons. The zero-order valence-corrected chi connectivity index (χ0v) is 31.4. The summed E-state index contributed by atoms with van der Waals surface area (Å²) in [6.07, 6.45) is 2.10. The van der Waals surface area contributed by atoms with Crippen molar-refractivity contribution in [1.29, 1.82) is 0 Å². The van der Waals surface area contributed by atoms with Crippen molar-refractivity contribution in [2.24, 2.45) is 11.5 Å². The van der Waals surface area contributed by atoms with E-state index in [0.29, 0.717) is 50.6 Å². The molecule has 6 amide bonds. The van der Waals surface area contributed by atoms with E-state index in [1.165, 1.54) is 21.9 Å². The third kappa shape index (κ3) is 13.4. The summed E-state index contributed by atoms with van der Waals surface area (Å²) in [5.41, 5.74) is 12.0. The minimum Gasteiger partial charge on any atom is -0.508 e. The molecule has 20 heteroatoms. The molecule has 2 aliphatic heterocycles. The number of nitrogens with two attached hydrogens (primary N) is 2. The van der Waals surface area contributed by atoms with Crippen LogP contribution >= 0.6 is 12.6 Å². The summed E-state index contributed by atoms with van der Waals surface area (Å²) in [5.74, 6) is -6.49. The number of thiol groups is 1. The molecule has 0 saturated carbocycles. The minimum absolute atomic E-state index is 0.0287. The predicted molar refractivity (Wildman–Crippen MR) is 199 cm³/mol. The molecule has 11 N–H and O–H groups in total. The van der Waals surface area contributed by atoms with Gasteiger partial charge in [0.25, 0.3) is 0 Å². The van der Waals surface area contributed by atoms with Gasteiger partial charge in [-0.15, -0.1) is 0 Å². The molecular weight excluding hydrogens is 740 g/mol. The van der Waals surface area contributed by atoms with Crippen LogP contribution in [0.3, 0.4) is 0 Å². The Kier molecular flexibility index (Phi) is 17.6. The molecule has 0 spiro atoms. The number of carboxylic acids is 2. The second kappa shape index (κ2) is 21.8. The molecular formula is C35H52N8O11S. The number of benzene rings is 1. The zero-order valence-electron chi connectivity index (χ0n) is 30.5. The Hall–Kier alpha value is -4.95. The summed E-state index contributed by atoms with van der Waals surface area (Å²) in [7, 11) is 0. The van der Waals surface area contributed by atoms with Gasteiger partial charge in [0.1, 0.15) is 36.0 Å². The lowest BCUT2D eigenvalue weighted by atomic mass is 10.0. The molecule has 0 bridgehead atoms. The van der Waals surface area contributed by atoms with Gasteiger partial charge in [0, 0.05) is 31.7 Å². The number of aromatic hydroxyl groups is 1. The number of carbonyl (C=O) groups excluding carboxylic acids is 6. The standard InChI is InChI=1S/C35H52N8O11S/c36-14-2-1-5-23(39-30(48)22(37)12-13-29(46)47)32(50)40-24(17-20-8-10-21(44)11-9-20)31(49)38-18-28(45)42-15-4-7-27(42)34(52)43-16-3-6-26(43)33(51)41-25(19-55)35(53)54/h8-11,22-27,44,55H,1-7,12-19,36-37H2,(H,38,49)(H,39,48)(H,40,50)(H,41,51)(H,46,47)(H,53,54)/t22-,23-,24-,25-,26-,27-/m0/s1. The number of likely N-dealkylation sites (tertiary alicyclic amines) is 2. The molecule has 0 unspecified atom stereocenters. The van der Waals surface area contributed by atoms with Gasteiger partial charge in [-0.2, -0.15) is 12.6 Å². The summed E-state index contributed by atoms with van der Waals surface area (Å²) >= 11 is 3.97. The molecule has 2 aliphatic rings. The molecule has 304 valence electrons. The van der Waals surface area contributed by atoms with Crippen molar-refractivity contribution in [3.63, 3.8) is 0 Å². The van der Waals surface area contributed by atoms with E-state index in [1.54, 1.807) is 12.1 Å². The Balaban J connectivity index is 1.72. The molecule has 2 fully saturated rings. The van der Waals surface area contributed by atoms with Crippen molar-refractivity contribution in [3.05, 3.63) is 29.8 Å². The fraction of sp³-hybridized carbons (Fsp3) is 0.600. The summed E-state index contributed by atoms with van der Waals surface area (Å²) in [6.45, 7) is 0.238. The smallest absolute Gasteiger partial charge is 0.327 e. The van der Waals surface area contributed by atoms with Gasteiger partial charge in [-0.3, -0.25) is 33.6 Å². The Bertz CT molecular complexity index is 1550. The normalized spacial score (nSPS) is 18.7. The highest BCUT2D eigenvalue weighted by molar-refractivity contribution is 7.80. The first-order chi connectivity index (χ1) is 26.2. The molecule has 0 aromatic heterocycles. The predicted octanol–water partition coefficient (Wildman–Crippen LogP) is -2.18. The molecule has 2 saturated heterocycles. The number of amides is 6. The van der Waals surface area contributed by atoms with Crippen LogP contribution < -0.4 is 32.7 Å². The van der Waals surface area contributed by atoms with Gasteiger partial charge in [-0.1, -0.05) is 12.1 Å². The maximum Gasteiger partial charge on any atom is 0.327 e. The summed E-state index contributed by atoms with van der Waals surface area (Å²) in [4.78, 5) is 105. The molecule has 55 heavy (non-hydrogen) atoms. The summed E-state index contributed by atoms with van der Waals surface area (Å²) in [5, 5.41) is 38.2. The van der Waals surface area contributed by atoms with Crippen LogP contribution in [0.1, 0.15) is 63.4 Å². The van der Waals surface area contributed by atoms with Crippen molar-refractivity contribution in [2.75, 3.05) is 31.9 Å². The fourth-order valence-electron chi connectivity index (χ4n) is 6.46. The van der Waals surface area contributed by atoms with Crippen molar-refractivity contribution in [2.45, 2.75) is 100 Å². The maximum absolute atomic E-state index is 13.7. The van der Waals surface area contributed by atoms with Gasteiger partial charge in [0.15, 0.2) is 0 Å². The number of carbonyl (C=O) groups is 8. The molecule has 0 aliphatic carbocycles. The lowest BCUT2D eigenvalue weighted by molar-refractivity contribution is -0.147. The average molecular weight is 793 g/mol. The Morgan fingerprint density at radius 2 is 1.44 bits per heavy atom. The van der Waals surface area contributed by atoms with Crippen LogP contribution in [0.4, 0.5) is 0 Å². The lowest BCUT2D eigenvalue weighted by Crippen LogP contribution is -2.57. The Labute approximate surface area is 323 Å². The number of carboxylic acid groups (broad SMARTS) is 2. The Morgan fingerprint density at radius 1 is 0.800 bits per heavy atom. The second-order valence-electron chi connectivity index (χ2n) is 13.6. The number of hydrogen-bond acceptors (Lipinski definition) is 12. The SMILES string of the molecule is NCCCC[C@H](NC(=O)[C@@H](N)CCC(=O)O)C(=O)N[C@@H](Cc1ccc(O)cc1)C(=O)NCC(=O)N1CCC[C@H]1C(=O)N1CCC[C@H]1C(=O)N[C@@H](CS)C(=O)O. The maximum atomic E-state index is 13.7. The van der Waals surface area contributed by atoms with Crippen molar-refractivity contribution >= 4 is 60.0 Å². The molecule has 1 aromatic rings. The number of nitrogens with one attached hydrogen (secondary N) is 4. The van der Waals surface area contributed by atoms with Crippen LogP contribution in [0.5, 0.6) is 5.75 Å². The van der Waals surface area contributed by atoms with Gasteiger partial charge >= 0.3 is 11.9 Å². The minimum atomic E-state index is -1.27. The molecule has 2 heterocycles. The monoisotopic (exact) mass is 792 g/mol. The van der Waals surface area contributed by atoms with E-state index in [1.807, 2.05) is 0 Å². The van der Waals surface area contributed by atoms with Crippen LogP contribution in [0, 0.1) is 0 Å². The van der Waals surface area contributed by atoms with Crippen LogP contribution in [0.2, 0.25) is 0 Å². The van der Waals surface area contributed by atoms with Crippen LogP contribution in [-0.4, -0.2) is 141 Å². The van der Waals surface area contributed by atoms with E-state index >= 15 is 0 Å². The van der Waals surface area contributed by atoms with Crippen LogP contribution in [0.15, 0.2) is 24.3 Å². The first-order valence-corrected chi connectivity index (χ1v) is 18.9. The zero-order chi connectivity index (χ0) is 40.7. The largest absolute Gasteiger partial charge is 0.508 e. The van der Waals surface area contributed by atoms with Crippen molar-refractivity contribution in [1.82, 2.24) is 31.1 Å². The number of phenols is 1. The van der Waals surface area contributed by atoms with Gasteiger partial charge in [-0.25, -0.2) is 4.79 Å². The fourth-order valence-corrected chi connectivity index (χ4v) is 6.70. The van der Waals surface area contributed by atoms with E-state index in [2.05, 4.69) is 33.9 Å². The third-order valence-electron chi connectivity index (χ3n) is 9.50. The molecule has 1 aromatic carbocycles. The topological polar surface area (TPSA) is 304 Å². The average Bonchev–Trinajstić information content (AvgIpc) is 3.86. The van der Waals surface area contributed by atoms with E-state index in [0.717, 1.165) is 0 Å². The van der Waals surface area contributed by atoms with Gasteiger partial charge in [0.05, 0.1) is 12.6 Å². The quantitative estimate of drug-likeness (QED) is 0.0469.